The number of nitro groups is 1. The summed E-state index contributed by atoms with van der Waals surface area (Å²) < 4.78 is 5.40. The van der Waals surface area contributed by atoms with Crippen molar-refractivity contribution >= 4 is 11.6 Å². The van der Waals surface area contributed by atoms with E-state index in [0.717, 1.165) is 11.1 Å². The maximum atomic E-state index is 11.3. The molecule has 2 aromatic rings. The predicted octanol–water partition coefficient (Wildman–Crippen LogP) is 2.57. The van der Waals surface area contributed by atoms with Gasteiger partial charge in [-0.25, -0.2) is 9.97 Å². The zero-order valence-electron chi connectivity index (χ0n) is 12.3. The van der Waals surface area contributed by atoms with Crippen LogP contribution in [0.25, 0.3) is 11.3 Å². The lowest BCUT2D eigenvalue weighted by Crippen LogP contribution is -2.06. The van der Waals surface area contributed by atoms with Crippen LogP contribution in [0.1, 0.15) is 16.8 Å². The molecule has 7 heteroatoms. The molecule has 110 valence electrons. The summed E-state index contributed by atoms with van der Waals surface area (Å²) in [6, 6.07) is 3.61. The van der Waals surface area contributed by atoms with Gasteiger partial charge in [0.25, 0.3) is 0 Å². The molecule has 2 rings (SSSR count). The highest BCUT2D eigenvalue weighted by atomic mass is 16.6. The molecule has 0 amide bonds. The second-order valence-corrected chi connectivity index (χ2v) is 4.71. The molecule has 0 aliphatic rings. The van der Waals surface area contributed by atoms with Crippen LogP contribution in [0.5, 0.6) is 5.75 Å². The van der Waals surface area contributed by atoms with Gasteiger partial charge in [-0.05, 0) is 38.0 Å². The molecule has 0 aliphatic heterocycles. The summed E-state index contributed by atoms with van der Waals surface area (Å²) in [5, 5.41) is 11.3. The fourth-order valence-electron chi connectivity index (χ4n) is 2.23. The van der Waals surface area contributed by atoms with Crippen LogP contribution in [0.4, 0.5) is 11.6 Å². The van der Waals surface area contributed by atoms with Gasteiger partial charge in [-0.1, -0.05) is 6.07 Å². The molecular weight excluding hydrogens is 272 g/mol. The minimum Gasteiger partial charge on any atom is -0.496 e. The smallest absolute Gasteiger partial charge is 0.316 e. The molecule has 1 aromatic carbocycles. The summed E-state index contributed by atoms with van der Waals surface area (Å²) in [5.74, 6) is 0.545. The quantitative estimate of drug-likeness (QED) is 0.687. The van der Waals surface area contributed by atoms with Crippen molar-refractivity contribution in [3.8, 4) is 17.0 Å². The van der Waals surface area contributed by atoms with Crippen LogP contribution in [0.15, 0.2) is 12.1 Å². The third kappa shape index (κ3) is 2.49. The Hall–Kier alpha value is -2.70. The summed E-state index contributed by atoms with van der Waals surface area (Å²) in [6.45, 7) is 5.36. The summed E-state index contributed by atoms with van der Waals surface area (Å²) >= 11 is 0. The number of aryl methyl sites for hydroxylation is 2. The molecule has 21 heavy (non-hydrogen) atoms. The van der Waals surface area contributed by atoms with E-state index >= 15 is 0 Å². The number of benzene rings is 1. The lowest BCUT2D eigenvalue weighted by atomic mass is 10.0. The van der Waals surface area contributed by atoms with Gasteiger partial charge in [-0.3, -0.25) is 10.1 Å². The van der Waals surface area contributed by atoms with Crippen molar-refractivity contribution in [2.24, 2.45) is 0 Å². The molecule has 0 saturated heterocycles. The van der Waals surface area contributed by atoms with Gasteiger partial charge in [-0.15, -0.1) is 0 Å². The van der Waals surface area contributed by atoms with E-state index in [2.05, 4.69) is 9.97 Å². The van der Waals surface area contributed by atoms with Crippen molar-refractivity contribution in [2.75, 3.05) is 12.8 Å². The predicted molar refractivity (Wildman–Crippen MR) is 79.3 cm³/mol. The molecular formula is C14H16N4O3. The fourth-order valence-corrected chi connectivity index (χ4v) is 2.23. The normalized spacial score (nSPS) is 10.5. The molecule has 0 spiro atoms. The standard InChI is InChI=1S/C14H16N4O3/c1-7-5-6-10(13(21-4)8(7)2)11-12(18(19)20)9(3)16-14(15)17-11/h5-6H,1-4H3,(H2,15,16,17). The zero-order chi connectivity index (χ0) is 15.7. The van der Waals surface area contributed by atoms with E-state index in [1.165, 1.54) is 14.0 Å². The molecule has 0 bridgehead atoms. The van der Waals surface area contributed by atoms with E-state index in [9.17, 15) is 10.1 Å². The first-order valence-electron chi connectivity index (χ1n) is 6.29. The molecule has 0 saturated carbocycles. The Balaban J connectivity index is 2.85. The van der Waals surface area contributed by atoms with Gasteiger partial charge in [0.15, 0.2) is 5.69 Å². The van der Waals surface area contributed by atoms with Crippen molar-refractivity contribution in [1.29, 1.82) is 0 Å². The first kappa shape index (κ1) is 14.7. The van der Waals surface area contributed by atoms with E-state index in [4.69, 9.17) is 10.5 Å². The van der Waals surface area contributed by atoms with E-state index in [1.54, 1.807) is 6.07 Å². The number of nitrogens with zero attached hydrogens (tertiary/aromatic N) is 3. The minimum absolute atomic E-state index is 0.00613. The Morgan fingerprint density at radius 2 is 1.90 bits per heavy atom. The second-order valence-electron chi connectivity index (χ2n) is 4.71. The van der Waals surface area contributed by atoms with E-state index < -0.39 is 4.92 Å². The number of ether oxygens (including phenoxy) is 1. The third-order valence-corrected chi connectivity index (χ3v) is 3.39. The number of aromatic nitrogens is 2. The van der Waals surface area contributed by atoms with Crippen molar-refractivity contribution < 1.29 is 9.66 Å². The molecule has 7 nitrogen and oxygen atoms in total. The van der Waals surface area contributed by atoms with Crippen LogP contribution >= 0.6 is 0 Å². The number of methoxy groups -OCH3 is 1. The van der Waals surface area contributed by atoms with Gasteiger partial charge >= 0.3 is 5.69 Å². The topological polar surface area (TPSA) is 104 Å². The van der Waals surface area contributed by atoms with E-state index in [-0.39, 0.29) is 23.0 Å². The molecule has 1 aromatic heterocycles. The Labute approximate surface area is 121 Å². The van der Waals surface area contributed by atoms with Gasteiger partial charge in [0.1, 0.15) is 11.4 Å². The van der Waals surface area contributed by atoms with Crippen LogP contribution < -0.4 is 10.5 Å². The molecule has 0 unspecified atom stereocenters. The minimum atomic E-state index is -0.501. The van der Waals surface area contributed by atoms with E-state index in [0.29, 0.717) is 11.3 Å². The van der Waals surface area contributed by atoms with Gasteiger partial charge < -0.3 is 10.5 Å². The van der Waals surface area contributed by atoms with Crippen LogP contribution in [-0.2, 0) is 0 Å². The summed E-state index contributed by atoms with van der Waals surface area (Å²) in [5.41, 5.74) is 8.33. The maximum absolute atomic E-state index is 11.3. The largest absolute Gasteiger partial charge is 0.496 e. The number of hydrogen-bond acceptors (Lipinski definition) is 6. The summed E-state index contributed by atoms with van der Waals surface area (Å²) in [4.78, 5) is 18.7. The van der Waals surface area contributed by atoms with Crippen LogP contribution in [-0.4, -0.2) is 22.0 Å². The van der Waals surface area contributed by atoms with Crippen LogP contribution in [0, 0.1) is 30.9 Å². The van der Waals surface area contributed by atoms with Gasteiger partial charge in [0.2, 0.25) is 5.95 Å². The molecule has 0 radical (unpaired) electrons. The monoisotopic (exact) mass is 288 g/mol. The summed E-state index contributed by atoms with van der Waals surface area (Å²) in [6.07, 6.45) is 0. The van der Waals surface area contributed by atoms with Gasteiger partial charge in [0, 0.05) is 5.56 Å². The number of nitrogens with two attached hydrogens (primary N) is 1. The highest BCUT2D eigenvalue weighted by molar-refractivity contribution is 5.78. The van der Waals surface area contributed by atoms with Gasteiger partial charge in [0.05, 0.1) is 12.0 Å². The summed E-state index contributed by atoms with van der Waals surface area (Å²) in [7, 11) is 1.52. The average molecular weight is 288 g/mol. The van der Waals surface area contributed by atoms with Crippen molar-refractivity contribution in [3.63, 3.8) is 0 Å². The zero-order valence-corrected chi connectivity index (χ0v) is 12.3. The average Bonchev–Trinajstić information content (AvgIpc) is 2.40. The molecule has 2 N–H and O–H groups in total. The molecule has 1 heterocycles. The molecule has 0 fully saturated rings. The number of anilines is 1. The molecule has 0 aliphatic carbocycles. The van der Waals surface area contributed by atoms with Crippen LogP contribution in [0.3, 0.4) is 0 Å². The first-order chi connectivity index (χ1) is 9.86. The Morgan fingerprint density at radius 3 is 2.48 bits per heavy atom. The highest BCUT2D eigenvalue weighted by Crippen LogP contribution is 2.39. The number of hydrogen-bond donors (Lipinski definition) is 1. The Bertz CT molecular complexity index is 729. The number of nitrogen functional groups attached to an aromatic ring is 1. The van der Waals surface area contributed by atoms with Crippen molar-refractivity contribution in [1.82, 2.24) is 9.97 Å². The SMILES string of the molecule is COc1c(-c2nc(N)nc(C)c2[N+](=O)[O-])ccc(C)c1C. The fraction of sp³-hybridized carbons (Fsp3) is 0.286. The van der Waals surface area contributed by atoms with Crippen molar-refractivity contribution in [3.05, 3.63) is 39.1 Å². The number of rotatable bonds is 3. The Morgan fingerprint density at radius 1 is 1.24 bits per heavy atom. The van der Waals surface area contributed by atoms with Crippen LogP contribution in [0.2, 0.25) is 0 Å². The lowest BCUT2D eigenvalue weighted by Gasteiger charge is -2.14. The highest BCUT2D eigenvalue weighted by Gasteiger charge is 2.25. The second kappa shape index (κ2) is 5.35. The van der Waals surface area contributed by atoms with E-state index in [1.807, 2.05) is 19.9 Å². The lowest BCUT2D eigenvalue weighted by molar-refractivity contribution is -0.385. The third-order valence-electron chi connectivity index (χ3n) is 3.39. The molecule has 0 atom stereocenters. The Kier molecular flexibility index (Phi) is 3.75. The van der Waals surface area contributed by atoms with Gasteiger partial charge in [-0.2, -0.15) is 0 Å². The first-order valence-corrected chi connectivity index (χ1v) is 6.29. The maximum Gasteiger partial charge on any atom is 0.316 e. The van der Waals surface area contributed by atoms with Crippen molar-refractivity contribution in [2.45, 2.75) is 20.8 Å².